The van der Waals surface area contributed by atoms with Crippen LogP contribution >= 0.6 is 11.3 Å². The van der Waals surface area contributed by atoms with E-state index in [0.29, 0.717) is 0 Å². The van der Waals surface area contributed by atoms with Crippen LogP contribution in [0.15, 0.2) is 6.20 Å². The number of nitrogens with zero attached hydrogens (tertiary/aromatic N) is 1. The Kier molecular flexibility index (Phi) is 4.23. The number of nitrogens with two attached hydrogens (primary N) is 1. The van der Waals surface area contributed by atoms with E-state index in [1.165, 1.54) is 4.88 Å². The smallest absolute Gasteiger partial charge is 0.234 e. The third-order valence-electron chi connectivity index (χ3n) is 2.22. The third-order valence-corrected chi connectivity index (χ3v) is 3.54. The number of aryl methyl sites for hydroxylation is 1. The Morgan fingerprint density at radius 2 is 2.33 bits per heavy atom. The molecule has 1 heterocycles. The molecular formula is C10H17N3OS. The van der Waals surface area contributed by atoms with E-state index >= 15 is 0 Å². The van der Waals surface area contributed by atoms with Gasteiger partial charge in [-0.3, -0.25) is 10.1 Å². The largest absolute Gasteiger partial charge is 0.368 e. The SMILES string of the molecule is CCc1cnc(C(C)NC(C)C(N)=O)s1. The van der Waals surface area contributed by atoms with E-state index in [-0.39, 0.29) is 18.0 Å². The summed E-state index contributed by atoms with van der Waals surface area (Å²) >= 11 is 1.67. The van der Waals surface area contributed by atoms with E-state index in [1.54, 1.807) is 18.3 Å². The van der Waals surface area contributed by atoms with Gasteiger partial charge >= 0.3 is 0 Å². The van der Waals surface area contributed by atoms with Gasteiger partial charge in [-0.25, -0.2) is 4.98 Å². The second kappa shape index (κ2) is 5.23. The molecule has 1 rings (SSSR count). The summed E-state index contributed by atoms with van der Waals surface area (Å²) in [5.74, 6) is -0.339. The summed E-state index contributed by atoms with van der Waals surface area (Å²) in [6, 6.07) is -0.258. The second-order valence-electron chi connectivity index (χ2n) is 3.53. The molecule has 0 aliphatic rings. The number of hydrogen-bond acceptors (Lipinski definition) is 4. The first-order valence-electron chi connectivity index (χ1n) is 5.04. The van der Waals surface area contributed by atoms with E-state index < -0.39 is 0 Å². The predicted molar refractivity (Wildman–Crippen MR) is 61.7 cm³/mol. The number of primary amides is 1. The molecule has 1 amide bonds. The zero-order chi connectivity index (χ0) is 11.4. The van der Waals surface area contributed by atoms with Crippen LogP contribution in [0, 0.1) is 0 Å². The minimum absolute atomic E-state index is 0.0674. The number of rotatable bonds is 5. The Morgan fingerprint density at radius 3 is 2.80 bits per heavy atom. The van der Waals surface area contributed by atoms with Gasteiger partial charge < -0.3 is 5.73 Å². The van der Waals surface area contributed by atoms with Gasteiger partial charge in [-0.1, -0.05) is 6.92 Å². The van der Waals surface area contributed by atoms with Gasteiger partial charge in [0.05, 0.1) is 12.1 Å². The van der Waals surface area contributed by atoms with Crippen LogP contribution in [0.5, 0.6) is 0 Å². The Bertz CT molecular complexity index is 337. The van der Waals surface area contributed by atoms with Gasteiger partial charge in [0, 0.05) is 11.1 Å². The van der Waals surface area contributed by atoms with Crippen LogP contribution in [-0.4, -0.2) is 16.9 Å². The molecule has 1 aromatic rings. The molecule has 0 bridgehead atoms. The van der Waals surface area contributed by atoms with Crippen molar-refractivity contribution in [2.75, 3.05) is 0 Å². The number of carbonyl (C=O) groups is 1. The highest BCUT2D eigenvalue weighted by molar-refractivity contribution is 7.11. The maximum Gasteiger partial charge on any atom is 0.234 e. The van der Waals surface area contributed by atoms with E-state index in [2.05, 4.69) is 17.2 Å². The molecule has 0 saturated carbocycles. The number of carbonyl (C=O) groups excluding carboxylic acids is 1. The molecule has 0 spiro atoms. The van der Waals surface area contributed by atoms with E-state index in [4.69, 9.17) is 5.73 Å². The summed E-state index contributed by atoms with van der Waals surface area (Å²) < 4.78 is 0. The lowest BCUT2D eigenvalue weighted by atomic mass is 10.2. The van der Waals surface area contributed by atoms with Crippen LogP contribution in [0.4, 0.5) is 0 Å². The van der Waals surface area contributed by atoms with Crippen molar-refractivity contribution in [1.29, 1.82) is 0 Å². The monoisotopic (exact) mass is 227 g/mol. The van der Waals surface area contributed by atoms with Crippen molar-refractivity contribution in [2.45, 2.75) is 39.3 Å². The Balaban J connectivity index is 2.60. The fourth-order valence-electron chi connectivity index (χ4n) is 1.21. The Morgan fingerprint density at radius 1 is 1.67 bits per heavy atom. The van der Waals surface area contributed by atoms with Crippen molar-refractivity contribution in [3.8, 4) is 0 Å². The Hall–Kier alpha value is -0.940. The topological polar surface area (TPSA) is 68.0 Å². The predicted octanol–water partition coefficient (Wildman–Crippen LogP) is 1.23. The van der Waals surface area contributed by atoms with Gasteiger partial charge in [0.1, 0.15) is 5.01 Å². The fraction of sp³-hybridized carbons (Fsp3) is 0.600. The molecule has 0 aliphatic heterocycles. The lowest BCUT2D eigenvalue weighted by Gasteiger charge is -2.15. The van der Waals surface area contributed by atoms with Crippen LogP contribution in [0.2, 0.25) is 0 Å². The zero-order valence-electron chi connectivity index (χ0n) is 9.28. The quantitative estimate of drug-likeness (QED) is 0.795. The van der Waals surface area contributed by atoms with Crippen LogP contribution < -0.4 is 11.1 Å². The second-order valence-corrected chi connectivity index (χ2v) is 4.68. The first-order chi connectivity index (χ1) is 7.04. The van der Waals surface area contributed by atoms with E-state index in [0.717, 1.165) is 11.4 Å². The van der Waals surface area contributed by atoms with Gasteiger partial charge in [0.25, 0.3) is 0 Å². The lowest BCUT2D eigenvalue weighted by Crippen LogP contribution is -2.39. The van der Waals surface area contributed by atoms with Gasteiger partial charge in [0.15, 0.2) is 0 Å². The molecule has 2 atom stereocenters. The van der Waals surface area contributed by atoms with Crippen molar-refractivity contribution < 1.29 is 4.79 Å². The molecule has 0 aliphatic carbocycles. The minimum Gasteiger partial charge on any atom is -0.368 e. The summed E-state index contributed by atoms with van der Waals surface area (Å²) in [7, 11) is 0. The molecule has 1 aromatic heterocycles. The number of nitrogens with one attached hydrogen (secondary N) is 1. The first-order valence-corrected chi connectivity index (χ1v) is 5.86. The number of aromatic nitrogens is 1. The number of amides is 1. The molecule has 3 N–H and O–H groups in total. The number of hydrogen-bond donors (Lipinski definition) is 2. The molecule has 0 saturated heterocycles. The van der Waals surface area contributed by atoms with Crippen molar-refractivity contribution in [3.63, 3.8) is 0 Å². The van der Waals surface area contributed by atoms with Gasteiger partial charge in [0.2, 0.25) is 5.91 Å². The van der Waals surface area contributed by atoms with Crippen molar-refractivity contribution in [1.82, 2.24) is 10.3 Å². The van der Waals surface area contributed by atoms with Gasteiger partial charge in [-0.05, 0) is 20.3 Å². The third kappa shape index (κ3) is 3.28. The fourth-order valence-corrected chi connectivity index (χ4v) is 2.08. The van der Waals surface area contributed by atoms with Gasteiger partial charge in [-0.15, -0.1) is 11.3 Å². The maximum atomic E-state index is 10.9. The average molecular weight is 227 g/mol. The molecule has 4 nitrogen and oxygen atoms in total. The van der Waals surface area contributed by atoms with E-state index in [9.17, 15) is 4.79 Å². The summed E-state index contributed by atoms with van der Waals surface area (Å²) in [5.41, 5.74) is 5.18. The summed E-state index contributed by atoms with van der Waals surface area (Å²) in [6.07, 6.45) is 2.88. The molecule has 0 aromatic carbocycles. The average Bonchev–Trinajstić information content (AvgIpc) is 2.65. The van der Waals surface area contributed by atoms with E-state index in [1.807, 2.05) is 13.1 Å². The van der Waals surface area contributed by atoms with Crippen molar-refractivity contribution >= 4 is 17.2 Å². The van der Waals surface area contributed by atoms with Gasteiger partial charge in [-0.2, -0.15) is 0 Å². The van der Waals surface area contributed by atoms with Crippen LogP contribution in [-0.2, 0) is 11.2 Å². The highest BCUT2D eigenvalue weighted by atomic mass is 32.1. The molecule has 15 heavy (non-hydrogen) atoms. The summed E-state index contributed by atoms with van der Waals surface area (Å²) in [6.45, 7) is 5.84. The minimum atomic E-state index is -0.339. The number of thiazole rings is 1. The van der Waals surface area contributed by atoms with Crippen molar-refractivity contribution in [3.05, 3.63) is 16.1 Å². The van der Waals surface area contributed by atoms with Crippen LogP contribution in [0.3, 0.4) is 0 Å². The molecule has 0 fully saturated rings. The summed E-state index contributed by atoms with van der Waals surface area (Å²) in [4.78, 5) is 16.4. The molecule has 5 heteroatoms. The first kappa shape index (κ1) is 12.1. The molecule has 84 valence electrons. The zero-order valence-corrected chi connectivity index (χ0v) is 10.1. The van der Waals surface area contributed by atoms with Crippen LogP contribution in [0.25, 0.3) is 0 Å². The maximum absolute atomic E-state index is 10.9. The Labute approximate surface area is 93.9 Å². The highest BCUT2D eigenvalue weighted by Crippen LogP contribution is 2.20. The molecule has 2 unspecified atom stereocenters. The van der Waals surface area contributed by atoms with Crippen LogP contribution in [0.1, 0.15) is 36.7 Å². The summed E-state index contributed by atoms with van der Waals surface area (Å²) in [5, 5.41) is 4.11. The normalized spacial score (nSPS) is 14.9. The lowest BCUT2D eigenvalue weighted by molar-refractivity contribution is -0.119. The molecular weight excluding hydrogens is 210 g/mol. The standard InChI is InChI=1S/C10H17N3OS/c1-4-8-5-12-10(15-8)7(3)13-6(2)9(11)14/h5-7,13H,4H2,1-3H3,(H2,11,14). The van der Waals surface area contributed by atoms with Crippen molar-refractivity contribution in [2.24, 2.45) is 5.73 Å². The molecule has 0 radical (unpaired) electrons. The highest BCUT2D eigenvalue weighted by Gasteiger charge is 2.15.